The van der Waals surface area contributed by atoms with Crippen LogP contribution in [0.15, 0.2) is 24.3 Å². The molecule has 0 aliphatic rings. The van der Waals surface area contributed by atoms with Gasteiger partial charge < -0.3 is 9.88 Å². The highest BCUT2D eigenvalue weighted by atomic mass is 16.2. The van der Waals surface area contributed by atoms with Gasteiger partial charge in [0.2, 0.25) is 0 Å². The maximum Gasteiger partial charge on any atom is 0.256 e. The summed E-state index contributed by atoms with van der Waals surface area (Å²) in [5.41, 5.74) is 2.79. The zero-order chi connectivity index (χ0) is 12.4. The van der Waals surface area contributed by atoms with Crippen LogP contribution in [0, 0.1) is 6.92 Å². The van der Waals surface area contributed by atoms with Crippen LogP contribution in [-0.2, 0) is 0 Å². The first-order valence-electron chi connectivity index (χ1n) is 6.05. The Morgan fingerprint density at radius 2 is 1.88 bits per heavy atom. The number of rotatable bonds is 3. The van der Waals surface area contributed by atoms with Crippen molar-refractivity contribution in [3.05, 3.63) is 35.5 Å². The van der Waals surface area contributed by atoms with Crippen LogP contribution in [0.3, 0.4) is 0 Å². The van der Waals surface area contributed by atoms with Crippen molar-refractivity contribution in [3.63, 3.8) is 0 Å². The molecule has 0 unspecified atom stereocenters. The molecule has 0 saturated heterocycles. The molecule has 1 N–H and O–H groups in total. The van der Waals surface area contributed by atoms with Crippen LogP contribution in [0.2, 0.25) is 0 Å². The fraction of sp³-hybridized carbons (Fsp3) is 0.357. The van der Waals surface area contributed by atoms with E-state index < -0.39 is 0 Å². The molecule has 3 heteroatoms. The summed E-state index contributed by atoms with van der Waals surface area (Å²) in [5, 5.41) is 1.02. The zero-order valence-electron chi connectivity index (χ0n) is 10.6. The number of nitrogens with zero attached hydrogens (tertiary/aromatic N) is 1. The number of fused-ring (bicyclic) bond motifs is 1. The molecule has 2 rings (SSSR count). The fourth-order valence-corrected chi connectivity index (χ4v) is 2.22. The van der Waals surface area contributed by atoms with Crippen molar-refractivity contribution >= 4 is 16.8 Å². The SMILES string of the molecule is CCN(CC)C(=O)c1c(C)[nH]c2ccccc12. The Hall–Kier alpha value is -1.77. The number of aromatic nitrogens is 1. The summed E-state index contributed by atoms with van der Waals surface area (Å²) in [6.07, 6.45) is 0. The number of benzene rings is 1. The standard InChI is InChI=1S/C14H18N2O/c1-4-16(5-2)14(17)13-10(3)15-12-9-7-6-8-11(12)13/h6-9,15H,4-5H2,1-3H3. The first kappa shape index (κ1) is 11.7. The van der Waals surface area contributed by atoms with Crippen LogP contribution in [0.25, 0.3) is 10.9 Å². The molecule has 90 valence electrons. The summed E-state index contributed by atoms with van der Waals surface area (Å²) in [5.74, 6) is 0.116. The van der Waals surface area contributed by atoms with Gasteiger partial charge in [-0.1, -0.05) is 18.2 Å². The molecule has 1 aromatic heterocycles. The molecule has 0 saturated carbocycles. The molecule has 0 aliphatic carbocycles. The quantitative estimate of drug-likeness (QED) is 0.864. The average Bonchev–Trinajstić information content (AvgIpc) is 2.66. The third-order valence-electron chi connectivity index (χ3n) is 3.16. The third kappa shape index (κ3) is 1.93. The predicted octanol–water partition coefficient (Wildman–Crippen LogP) is 2.96. The number of para-hydroxylation sites is 1. The number of H-pyrrole nitrogens is 1. The lowest BCUT2D eigenvalue weighted by atomic mass is 10.1. The largest absolute Gasteiger partial charge is 0.358 e. The van der Waals surface area contributed by atoms with Gasteiger partial charge >= 0.3 is 0 Å². The highest BCUT2D eigenvalue weighted by Gasteiger charge is 2.19. The average molecular weight is 230 g/mol. The lowest BCUT2D eigenvalue weighted by Crippen LogP contribution is -2.30. The summed E-state index contributed by atoms with van der Waals surface area (Å²) in [7, 11) is 0. The lowest BCUT2D eigenvalue weighted by Gasteiger charge is -2.18. The van der Waals surface area contributed by atoms with E-state index in [1.54, 1.807) is 0 Å². The Balaban J connectivity index is 2.54. The highest BCUT2D eigenvalue weighted by Crippen LogP contribution is 2.23. The number of hydrogen-bond acceptors (Lipinski definition) is 1. The van der Waals surface area contributed by atoms with Crippen molar-refractivity contribution < 1.29 is 4.79 Å². The molecular weight excluding hydrogens is 212 g/mol. The van der Waals surface area contributed by atoms with E-state index in [0.29, 0.717) is 0 Å². The summed E-state index contributed by atoms with van der Waals surface area (Å²) >= 11 is 0. The number of aromatic amines is 1. The van der Waals surface area contributed by atoms with Crippen LogP contribution in [0.1, 0.15) is 29.9 Å². The van der Waals surface area contributed by atoms with Crippen LogP contribution >= 0.6 is 0 Å². The number of amides is 1. The summed E-state index contributed by atoms with van der Waals surface area (Å²) in [6.45, 7) is 7.45. The molecule has 1 heterocycles. The first-order chi connectivity index (χ1) is 8.19. The van der Waals surface area contributed by atoms with E-state index in [4.69, 9.17) is 0 Å². The number of nitrogens with one attached hydrogen (secondary N) is 1. The molecule has 0 radical (unpaired) electrons. The van der Waals surface area contributed by atoms with Crippen molar-refractivity contribution in [2.75, 3.05) is 13.1 Å². The first-order valence-corrected chi connectivity index (χ1v) is 6.05. The minimum absolute atomic E-state index is 0.116. The lowest BCUT2D eigenvalue weighted by molar-refractivity contribution is 0.0774. The van der Waals surface area contributed by atoms with Crippen LogP contribution in [0.4, 0.5) is 0 Å². The zero-order valence-corrected chi connectivity index (χ0v) is 10.6. The molecule has 0 spiro atoms. The second-order valence-corrected chi connectivity index (χ2v) is 4.15. The minimum atomic E-state index is 0.116. The van der Waals surface area contributed by atoms with E-state index in [9.17, 15) is 4.79 Å². The Labute approximate surface area is 101 Å². The van der Waals surface area contributed by atoms with Gasteiger partial charge in [0, 0.05) is 29.7 Å². The molecular formula is C14H18N2O. The smallest absolute Gasteiger partial charge is 0.256 e. The van der Waals surface area contributed by atoms with Gasteiger partial charge in [-0.05, 0) is 26.8 Å². The van der Waals surface area contributed by atoms with Gasteiger partial charge in [0.1, 0.15) is 0 Å². The summed E-state index contributed by atoms with van der Waals surface area (Å²) in [4.78, 5) is 17.5. The van der Waals surface area contributed by atoms with Crippen LogP contribution < -0.4 is 0 Å². The minimum Gasteiger partial charge on any atom is -0.358 e. The van der Waals surface area contributed by atoms with Crippen LogP contribution in [0.5, 0.6) is 0 Å². The number of hydrogen-bond donors (Lipinski definition) is 1. The normalized spacial score (nSPS) is 10.8. The molecule has 17 heavy (non-hydrogen) atoms. The van der Waals surface area contributed by atoms with Crippen molar-refractivity contribution in [3.8, 4) is 0 Å². The van der Waals surface area contributed by atoms with Gasteiger partial charge in [-0.3, -0.25) is 4.79 Å². The molecule has 0 fully saturated rings. The third-order valence-corrected chi connectivity index (χ3v) is 3.16. The number of carbonyl (C=O) groups is 1. The molecule has 3 nitrogen and oxygen atoms in total. The maximum atomic E-state index is 12.4. The van der Waals surface area contributed by atoms with Crippen molar-refractivity contribution in [1.82, 2.24) is 9.88 Å². The molecule has 2 aromatic rings. The van der Waals surface area contributed by atoms with Gasteiger partial charge in [0.05, 0.1) is 5.56 Å². The van der Waals surface area contributed by atoms with E-state index in [-0.39, 0.29) is 5.91 Å². The maximum absolute atomic E-state index is 12.4. The Bertz CT molecular complexity index is 538. The van der Waals surface area contributed by atoms with Gasteiger partial charge in [0.15, 0.2) is 0 Å². The molecule has 0 atom stereocenters. The van der Waals surface area contributed by atoms with Gasteiger partial charge in [0.25, 0.3) is 5.91 Å². The van der Waals surface area contributed by atoms with E-state index in [2.05, 4.69) is 4.98 Å². The summed E-state index contributed by atoms with van der Waals surface area (Å²) in [6, 6.07) is 7.94. The van der Waals surface area contributed by atoms with Gasteiger partial charge in [-0.25, -0.2) is 0 Å². The molecule has 0 bridgehead atoms. The number of aryl methyl sites for hydroxylation is 1. The molecule has 1 amide bonds. The second kappa shape index (κ2) is 4.62. The fourth-order valence-electron chi connectivity index (χ4n) is 2.22. The molecule has 1 aromatic carbocycles. The predicted molar refractivity (Wildman–Crippen MR) is 70.3 cm³/mol. The van der Waals surface area contributed by atoms with E-state index >= 15 is 0 Å². The van der Waals surface area contributed by atoms with Crippen molar-refractivity contribution in [2.45, 2.75) is 20.8 Å². The van der Waals surface area contributed by atoms with E-state index in [0.717, 1.165) is 35.2 Å². The van der Waals surface area contributed by atoms with Crippen molar-refractivity contribution in [1.29, 1.82) is 0 Å². The number of carbonyl (C=O) groups excluding carboxylic acids is 1. The van der Waals surface area contributed by atoms with Crippen molar-refractivity contribution in [2.24, 2.45) is 0 Å². The molecule has 0 aliphatic heterocycles. The Morgan fingerprint density at radius 1 is 1.24 bits per heavy atom. The monoisotopic (exact) mass is 230 g/mol. The topological polar surface area (TPSA) is 36.1 Å². The second-order valence-electron chi connectivity index (χ2n) is 4.15. The van der Waals surface area contributed by atoms with Crippen LogP contribution in [-0.4, -0.2) is 28.9 Å². The Morgan fingerprint density at radius 3 is 2.53 bits per heavy atom. The van der Waals surface area contributed by atoms with E-state index in [1.165, 1.54) is 0 Å². The van der Waals surface area contributed by atoms with Gasteiger partial charge in [-0.2, -0.15) is 0 Å². The van der Waals surface area contributed by atoms with E-state index in [1.807, 2.05) is 49.9 Å². The van der Waals surface area contributed by atoms with Gasteiger partial charge in [-0.15, -0.1) is 0 Å². The Kier molecular flexibility index (Phi) is 3.18. The summed E-state index contributed by atoms with van der Waals surface area (Å²) < 4.78 is 0. The highest BCUT2D eigenvalue weighted by molar-refractivity contribution is 6.08.